The molecule has 5 heteroatoms. The number of allylic oxidation sites excluding steroid dienone is 2. The molecule has 0 radical (unpaired) electrons. The maximum atomic E-state index is 12.7. The van der Waals surface area contributed by atoms with E-state index in [0.29, 0.717) is 6.42 Å². The Morgan fingerprint density at radius 2 is 1.84 bits per heavy atom. The van der Waals surface area contributed by atoms with Gasteiger partial charge in [-0.25, -0.2) is 4.79 Å². The van der Waals surface area contributed by atoms with Crippen LogP contribution >= 0.6 is 0 Å². The predicted octanol–water partition coefficient (Wildman–Crippen LogP) is 6.59. The molecular weight excluding hydrogens is 402 g/mol. The second-order valence-electron chi connectivity index (χ2n) is 10.4. The predicted molar refractivity (Wildman–Crippen MR) is 131 cm³/mol. The van der Waals surface area contributed by atoms with E-state index in [4.69, 9.17) is 9.47 Å². The molecule has 0 aromatic heterocycles. The maximum Gasteiger partial charge on any atom is 0.413 e. The molecular formula is C27H47NO4. The van der Waals surface area contributed by atoms with Crippen molar-refractivity contribution in [3.05, 3.63) is 11.6 Å². The molecule has 1 rings (SSSR count). The average molecular weight is 450 g/mol. The topological polar surface area (TPSA) is 59.0 Å². The zero-order valence-electron chi connectivity index (χ0n) is 21.6. The molecule has 0 saturated carbocycles. The molecule has 0 spiro atoms. The molecule has 1 N–H and O–H groups in total. The first-order chi connectivity index (χ1) is 15.0. The molecule has 1 aliphatic rings. The highest BCUT2D eigenvalue weighted by Gasteiger charge is 2.48. The van der Waals surface area contributed by atoms with Crippen LogP contribution < -0.4 is 0 Å². The molecule has 184 valence electrons. The number of unbranched alkanes of at least 4 members (excludes halogenated alkanes) is 7. The number of carbonyl (C=O) groups is 1. The molecule has 0 aliphatic carbocycles. The lowest BCUT2D eigenvalue weighted by molar-refractivity contribution is -0.0658. The van der Waals surface area contributed by atoms with Gasteiger partial charge in [-0.15, -0.1) is 5.92 Å². The number of carbonyl (C=O) groups excluding carboxylic acids is 1. The van der Waals surface area contributed by atoms with Crippen molar-refractivity contribution < 1.29 is 19.4 Å². The van der Waals surface area contributed by atoms with Crippen LogP contribution in [0.5, 0.6) is 0 Å². The van der Waals surface area contributed by atoms with Crippen LogP contribution in [0.1, 0.15) is 113 Å². The Morgan fingerprint density at radius 1 is 1.22 bits per heavy atom. The van der Waals surface area contributed by atoms with Crippen molar-refractivity contribution in [3.8, 4) is 11.8 Å². The number of hydrogen-bond acceptors (Lipinski definition) is 4. The Morgan fingerprint density at radius 3 is 2.47 bits per heavy atom. The largest absolute Gasteiger partial charge is 0.444 e. The number of rotatable bonds is 11. The quantitative estimate of drug-likeness (QED) is 0.220. The Hall–Kier alpha value is -1.51. The van der Waals surface area contributed by atoms with Gasteiger partial charge in [-0.2, -0.15) is 0 Å². The van der Waals surface area contributed by atoms with Gasteiger partial charge in [0.15, 0.2) is 0 Å². The van der Waals surface area contributed by atoms with Crippen molar-refractivity contribution >= 4 is 6.09 Å². The summed E-state index contributed by atoms with van der Waals surface area (Å²) < 4.78 is 11.3. The van der Waals surface area contributed by atoms with Gasteiger partial charge >= 0.3 is 6.09 Å². The molecule has 1 heterocycles. The number of aliphatic hydroxyl groups excluding tert-OH is 1. The van der Waals surface area contributed by atoms with E-state index in [1.807, 2.05) is 20.8 Å². The summed E-state index contributed by atoms with van der Waals surface area (Å²) in [4.78, 5) is 14.1. The van der Waals surface area contributed by atoms with Gasteiger partial charge in [0, 0.05) is 6.42 Å². The van der Waals surface area contributed by atoms with Gasteiger partial charge in [0.25, 0.3) is 0 Å². The summed E-state index contributed by atoms with van der Waals surface area (Å²) in [6, 6.07) is -0.540. The van der Waals surface area contributed by atoms with Gasteiger partial charge in [-0.1, -0.05) is 63.0 Å². The van der Waals surface area contributed by atoms with Gasteiger partial charge in [-0.05, 0) is 60.8 Å². The first-order valence-corrected chi connectivity index (χ1v) is 12.5. The summed E-state index contributed by atoms with van der Waals surface area (Å²) in [5, 5.41) is 10.6. The van der Waals surface area contributed by atoms with E-state index in [2.05, 4.69) is 31.8 Å². The molecule has 1 saturated heterocycles. The van der Waals surface area contributed by atoms with Crippen LogP contribution in [-0.4, -0.2) is 46.2 Å². The van der Waals surface area contributed by atoms with Crippen molar-refractivity contribution in [2.75, 3.05) is 6.61 Å². The third-order valence-electron chi connectivity index (χ3n) is 5.66. The monoisotopic (exact) mass is 449 g/mol. The number of aliphatic hydroxyl groups is 1. The molecule has 2 atom stereocenters. The minimum Gasteiger partial charge on any atom is -0.444 e. The van der Waals surface area contributed by atoms with E-state index in [1.165, 1.54) is 55.4 Å². The van der Waals surface area contributed by atoms with E-state index >= 15 is 0 Å². The lowest BCUT2D eigenvalue weighted by Crippen LogP contribution is -2.53. The summed E-state index contributed by atoms with van der Waals surface area (Å²) in [6.07, 6.45) is 12.8. The molecule has 0 aromatic carbocycles. The molecule has 5 nitrogen and oxygen atoms in total. The standard InChI is InChI=1S/C27H47NO4/c1-8-9-10-11-12-13-15-18-22(2)19-16-14-17-20-24(29)23-21-31-27(6,7)28(23)25(30)32-26(3,4)5/h19,23-24,29H,8-16,18,21H2,1-7H3/b22-19+/t23-,24+/m0/s1. The van der Waals surface area contributed by atoms with Crippen LogP contribution in [0, 0.1) is 11.8 Å². The second kappa shape index (κ2) is 13.9. The first-order valence-electron chi connectivity index (χ1n) is 12.5. The van der Waals surface area contributed by atoms with Gasteiger partial charge < -0.3 is 14.6 Å². The third kappa shape index (κ3) is 10.9. The number of hydrogen-bond donors (Lipinski definition) is 1. The van der Waals surface area contributed by atoms with Crippen LogP contribution in [0.4, 0.5) is 4.79 Å². The number of ether oxygens (including phenoxy) is 2. The molecule has 0 aromatic rings. The Balaban J connectivity index is 2.44. The summed E-state index contributed by atoms with van der Waals surface area (Å²) in [5.41, 5.74) is -0.0373. The minimum atomic E-state index is -0.970. The van der Waals surface area contributed by atoms with E-state index in [-0.39, 0.29) is 6.61 Å². The van der Waals surface area contributed by atoms with E-state index in [1.54, 1.807) is 13.8 Å². The third-order valence-corrected chi connectivity index (χ3v) is 5.66. The molecule has 1 aliphatic heterocycles. The zero-order valence-corrected chi connectivity index (χ0v) is 21.6. The fourth-order valence-corrected chi connectivity index (χ4v) is 3.86. The van der Waals surface area contributed by atoms with Crippen molar-refractivity contribution in [1.82, 2.24) is 4.90 Å². The van der Waals surface area contributed by atoms with Crippen LogP contribution in [-0.2, 0) is 9.47 Å². The zero-order chi connectivity index (χ0) is 24.2. The van der Waals surface area contributed by atoms with Crippen LogP contribution in [0.15, 0.2) is 11.6 Å². The lowest BCUT2D eigenvalue weighted by Gasteiger charge is -2.35. The van der Waals surface area contributed by atoms with E-state index in [0.717, 1.165) is 12.8 Å². The molecule has 0 bridgehead atoms. The van der Waals surface area contributed by atoms with Crippen molar-refractivity contribution in [1.29, 1.82) is 0 Å². The van der Waals surface area contributed by atoms with E-state index in [9.17, 15) is 9.90 Å². The summed E-state index contributed by atoms with van der Waals surface area (Å²) in [6.45, 7) is 13.7. The summed E-state index contributed by atoms with van der Waals surface area (Å²) in [5.74, 6) is 5.98. The normalized spacial score (nSPS) is 19.4. The molecule has 32 heavy (non-hydrogen) atoms. The summed E-state index contributed by atoms with van der Waals surface area (Å²) >= 11 is 0. The van der Waals surface area contributed by atoms with Gasteiger partial charge in [0.2, 0.25) is 0 Å². The molecule has 1 amide bonds. The highest BCUT2D eigenvalue weighted by atomic mass is 16.6. The van der Waals surface area contributed by atoms with Crippen molar-refractivity contribution in [3.63, 3.8) is 0 Å². The Kier molecular flexibility index (Phi) is 12.4. The second-order valence-corrected chi connectivity index (χ2v) is 10.4. The highest BCUT2D eigenvalue weighted by molar-refractivity contribution is 5.70. The van der Waals surface area contributed by atoms with Crippen molar-refractivity contribution in [2.24, 2.45) is 0 Å². The fourth-order valence-electron chi connectivity index (χ4n) is 3.86. The Bertz CT molecular complexity index is 651. The van der Waals surface area contributed by atoms with Crippen LogP contribution in [0.25, 0.3) is 0 Å². The van der Waals surface area contributed by atoms with Gasteiger partial charge in [0.1, 0.15) is 17.4 Å². The highest BCUT2D eigenvalue weighted by Crippen LogP contribution is 2.30. The van der Waals surface area contributed by atoms with Gasteiger partial charge in [0.05, 0.1) is 12.6 Å². The first kappa shape index (κ1) is 28.5. The Labute approximate surface area is 196 Å². The fraction of sp³-hybridized carbons (Fsp3) is 0.815. The lowest BCUT2D eigenvalue weighted by atomic mass is 10.0. The van der Waals surface area contributed by atoms with Gasteiger partial charge in [-0.3, -0.25) is 4.90 Å². The SMILES string of the molecule is CCCCCCCCC/C(C)=C/CCC#C[C@@H](O)[C@@H]1COC(C)(C)N1C(=O)OC(C)(C)C. The van der Waals surface area contributed by atoms with Crippen LogP contribution in [0.3, 0.4) is 0 Å². The molecule has 0 unspecified atom stereocenters. The number of amides is 1. The number of nitrogens with zero attached hydrogens (tertiary/aromatic N) is 1. The van der Waals surface area contributed by atoms with E-state index < -0.39 is 29.6 Å². The van der Waals surface area contributed by atoms with Crippen LogP contribution in [0.2, 0.25) is 0 Å². The average Bonchev–Trinajstić information content (AvgIpc) is 3.00. The van der Waals surface area contributed by atoms with Crippen molar-refractivity contribution in [2.45, 2.75) is 136 Å². The summed E-state index contributed by atoms with van der Waals surface area (Å²) in [7, 11) is 0. The smallest absolute Gasteiger partial charge is 0.413 e. The minimum absolute atomic E-state index is 0.236. The maximum absolute atomic E-state index is 12.7. The molecule has 1 fully saturated rings.